The van der Waals surface area contributed by atoms with Gasteiger partial charge in [-0.1, -0.05) is 25.1 Å². The first-order valence-electron chi connectivity index (χ1n) is 10.1. The van der Waals surface area contributed by atoms with Crippen LogP contribution in [-0.2, 0) is 6.54 Å². The van der Waals surface area contributed by atoms with Crippen LogP contribution in [0, 0.1) is 0 Å². The molecule has 6 heteroatoms. The summed E-state index contributed by atoms with van der Waals surface area (Å²) in [6.45, 7) is 4.57. The number of benzene rings is 1. The van der Waals surface area contributed by atoms with Crippen molar-refractivity contribution in [1.82, 2.24) is 20.2 Å². The SMILES string of the molecule is CCCOc1cccc(CNC(=O)N2CC=C(c3cnc4[nH]ccc4c3)CC2)c1. The molecule has 3 aromatic rings. The molecule has 2 amide bonds. The minimum absolute atomic E-state index is 0.0422. The number of nitrogens with zero attached hydrogens (tertiary/aromatic N) is 2. The average Bonchev–Trinajstić information content (AvgIpc) is 3.24. The minimum Gasteiger partial charge on any atom is -0.494 e. The molecule has 4 rings (SSSR count). The highest BCUT2D eigenvalue weighted by Gasteiger charge is 2.18. The maximum Gasteiger partial charge on any atom is 0.317 e. The third-order valence-corrected chi connectivity index (χ3v) is 5.08. The summed E-state index contributed by atoms with van der Waals surface area (Å²) in [5.41, 5.74) is 4.30. The Kier molecular flexibility index (Phi) is 5.79. The van der Waals surface area contributed by atoms with Crippen molar-refractivity contribution in [2.75, 3.05) is 19.7 Å². The molecule has 2 aromatic heterocycles. The van der Waals surface area contributed by atoms with Crippen molar-refractivity contribution in [3.63, 3.8) is 0 Å². The zero-order valence-electron chi connectivity index (χ0n) is 16.6. The number of rotatable bonds is 6. The lowest BCUT2D eigenvalue weighted by molar-refractivity contribution is 0.202. The number of aromatic nitrogens is 2. The highest BCUT2D eigenvalue weighted by Crippen LogP contribution is 2.24. The summed E-state index contributed by atoms with van der Waals surface area (Å²) >= 11 is 0. The van der Waals surface area contributed by atoms with Crippen LogP contribution in [0.15, 0.2) is 54.9 Å². The monoisotopic (exact) mass is 390 g/mol. The lowest BCUT2D eigenvalue weighted by Gasteiger charge is -2.27. The summed E-state index contributed by atoms with van der Waals surface area (Å²) in [7, 11) is 0. The molecule has 1 aliphatic heterocycles. The molecule has 29 heavy (non-hydrogen) atoms. The number of hydrogen-bond donors (Lipinski definition) is 2. The van der Waals surface area contributed by atoms with Gasteiger partial charge in [-0.15, -0.1) is 0 Å². The van der Waals surface area contributed by atoms with E-state index in [4.69, 9.17) is 4.74 Å². The predicted octanol–water partition coefficient (Wildman–Crippen LogP) is 4.35. The van der Waals surface area contributed by atoms with E-state index >= 15 is 0 Å². The van der Waals surface area contributed by atoms with Crippen LogP contribution in [0.5, 0.6) is 5.75 Å². The lowest BCUT2D eigenvalue weighted by atomic mass is 10.0. The van der Waals surface area contributed by atoms with E-state index in [1.54, 1.807) is 0 Å². The van der Waals surface area contributed by atoms with Gasteiger partial charge in [-0.2, -0.15) is 0 Å². The maximum atomic E-state index is 12.5. The van der Waals surface area contributed by atoms with Gasteiger partial charge in [-0.25, -0.2) is 9.78 Å². The molecule has 1 aromatic carbocycles. The number of pyridine rings is 1. The van der Waals surface area contributed by atoms with Gasteiger partial charge in [-0.05, 0) is 53.8 Å². The van der Waals surface area contributed by atoms with E-state index in [-0.39, 0.29) is 6.03 Å². The van der Waals surface area contributed by atoms with Gasteiger partial charge in [0.15, 0.2) is 0 Å². The topological polar surface area (TPSA) is 70.2 Å². The van der Waals surface area contributed by atoms with Crippen LogP contribution in [0.4, 0.5) is 4.79 Å². The fraction of sp³-hybridized carbons (Fsp3) is 0.304. The first-order valence-corrected chi connectivity index (χ1v) is 10.1. The molecule has 1 aliphatic rings. The van der Waals surface area contributed by atoms with Crippen molar-refractivity contribution in [1.29, 1.82) is 0 Å². The Morgan fingerprint density at radius 1 is 1.31 bits per heavy atom. The van der Waals surface area contributed by atoms with E-state index in [1.807, 2.05) is 47.6 Å². The molecule has 0 spiro atoms. The maximum absolute atomic E-state index is 12.5. The first kappa shape index (κ1) is 19.1. The zero-order chi connectivity index (χ0) is 20.1. The molecule has 0 saturated heterocycles. The summed E-state index contributed by atoms with van der Waals surface area (Å²) in [6.07, 6.45) is 7.71. The Hall–Kier alpha value is -3.28. The number of carbonyl (C=O) groups excluding carboxylic acids is 1. The van der Waals surface area contributed by atoms with Crippen molar-refractivity contribution in [3.05, 3.63) is 66.0 Å². The Bertz CT molecular complexity index is 1020. The predicted molar refractivity (Wildman–Crippen MR) is 115 cm³/mol. The summed E-state index contributed by atoms with van der Waals surface area (Å²) in [5, 5.41) is 4.12. The second kappa shape index (κ2) is 8.82. The Labute approximate surface area is 170 Å². The third kappa shape index (κ3) is 4.59. The number of H-pyrrole nitrogens is 1. The van der Waals surface area contributed by atoms with Crippen molar-refractivity contribution in [3.8, 4) is 5.75 Å². The first-order chi connectivity index (χ1) is 14.2. The van der Waals surface area contributed by atoms with Crippen LogP contribution in [-0.4, -0.2) is 40.6 Å². The van der Waals surface area contributed by atoms with Gasteiger partial charge in [-0.3, -0.25) is 0 Å². The van der Waals surface area contributed by atoms with Gasteiger partial charge in [0, 0.05) is 37.4 Å². The van der Waals surface area contributed by atoms with E-state index in [0.717, 1.165) is 40.8 Å². The molecule has 0 saturated carbocycles. The fourth-order valence-corrected chi connectivity index (χ4v) is 3.49. The van der Waals surface area contributed by atoms with Crippen molar-refractivity contribution in [2.45, 2.75) is 26.3 Å². The van der Waals surface area contributed by atoms with Crippen molar-refractivity contribution < 1.29 is 9.53 Å². The van der Waals surface area contributed by atoms with Gasteiger partial charge in [0.05, 0.1) is 6.61 Å². The average molecular weight is 390 g/mol. The molecule has 150 valence electrons. The number of aromatic amines is 1. The molecule has 0 radical (unpaired) electrons. The van der Waals surface area contributed by atoms with Crippen LogP contribution in [0.2, 0.25) is 0 Å². The number of ether oxygens (including phenoxy) is 1. The number of fused-ring (bicyclic) bond motifs is 1. The van der Waals surface area contributed by atoms with Crippen LogP contribution < -0.4 is 10.1 Å². The smallest absolute Gasteiger partial charge is 0.317 e. The van der Waals surface area contributed by atoms with E-state index in [0.29, 0.717) is 26.2 Å². The molecule has 2 N–H and O–H groups in total. The van der Waals surface area contributed by atoms with Crippen molar-refractivity contribution >= 4 is 22.6 Å². The van der Waals surface area contributed by atoms with Crippen LogP contribution >= 0.6 is 0 Å². The summed E-state index contributed by atoms with van der Waals surface area (Å²) in [6, 6.07) is 12.0. The highest BCUT2D eigenvalue weighted by molar-refractivity contribution is 5.81. The third-order valence-electron chi connectivity index (χ3n) is 5.08. The molecular formula is C23H26N4O2. The van der Waals surface area contributed by atoms with E-state index < -0.39 is 0 Å². The van der Waals surface area contributed by atoms with Crippen LogP contribution in [0.3, 0.4) is 0 Å². The number of hydrogen-bond acceptors (Lipinski definition) is 3. The van der Waals surface area contributed by atoms with E-state index in [1.165, 1.54) is 5.57 Å². The zero-order valence-corrected chi connectivity index (χ0v) is 16.6. The quantitative estimate of drug-likeness (QED) is 0.657. The van der Waals surface area contributed by atoms with Crippen molar-refractivity contribution in [2.24, 2.45) is 0 Å². The normalized spacial score (nSPS) is 14.0. The summed E-state index contributed by atoms with van der Waals surface area (Å²) in [4.78, 5) is 22.0. The number of nitrogens with one attached hydrogen (secondary N) is 2. The fourth-order valence-electron chi connectivity index (χ4n) is 3.49. The number of carbonyl (C=O) groups is 1. The number of amides is 2. The molecule has 0 aliphatic carbocycles. The Balaban J connectivity index is 1.32. The molecule has 6 nitrogen and oxygen atoms in total. The van der Waals surface area contributed by atoms with E-state index in [9.17, 15) is 4.79 Å². The Morgan fingerprint density at radius 2 is 2.24 bits per heavy atom. The van der Waals surface area contributed by atoms with Gasteiger partial charge in [0.1, 0.15) is 11.4 Å². The standard InChI is InChI=1S/C23H26N4O2/c1-2-12-29-21-5-3-4-17(13-21)15-26-23(28)27-10-7-18(8-11-27)20-14-19-6-9-24-22(19)25-16-20/h3-7,9,13-14,16H,2,8,10-12,15H2,1H3,(H,24,25)(H,26,28). The molecule has 3 heterocycles. The Morgan fingerprint density at radius 3 is 3.07 bits per heavy atom. The van der Waals surface area contributed by atoms with Gasteiger partial charge in [0.25, 0.3) is 0 Å². The van der Waals surface area contributed by atoms with E-state index in [2.05, 4.69) is 34.4 Å². The molecule has 0 unspecified atom stereocenters. The second-order valence-electron chi connectivity index (χ2n) is 7.22. The lowest BCUT2D eigenvalue weighted by Crippen LogP contribution is -2.41. The van der Waals surface area contributed by atoms with Gasteiger partial charge in [0.2, 0.25) is 0 Å². The van der Waals surface area contributed by atoms with Gasteiger partial charge >= 0.3 is 6.03 Å². The molecule has 0 bridgehead atoms. The highest BCUT2D eigenvalue weighted by atomic mass is 16.5. The second-order valence-corrected chi connectivity index (χ2v) is 7.22. The number of urea groups is 1. The van der Waals surface area contributed by atoms with Gasteiger partial charge < -0.3 is 19.9 Å². The molecule has 0 fully saturated rings. The van der Waals surface area contributed by atoms with Crippen LogP contribution in [0.25, 0.3) is 16.6 Å². The minimum atomic E-state index is -0.0422. The molecular weight excluding hydrogens is 364 g/mol. The summed E-state index contributed by atoms with van der Waals surface area (Å²) in [5.74, 6) is 0.845. The molecule has 0 atom stereocenters. The van der Waals surface area contributed by atoms with Crippen LogP contribution in [0.1, 0.15) is 30.9 Å². The largest absolute Gasteiger partial charge is 0.494 e. The summed E-state index contributed by atoms with van der Waals surface area (Å²) < 4.78 is 5.66.